The number of carbonyl (C=O) groups excluding carboxylic acids is 2. The Balaban J connectivity index is 0.000000170. The van der Waals surface area contributed by atoms with E-state index < -0.39 is 8.24 Å². The van der Waals surface area contributed by atoms with Crippen LogP contribution in [0.15, 0.2) is 20.1 Å². The summed E-state index contributed by atoms with van der Waals surface area (Å²) in [6, 6.07) is 0.742. The fourth-order valence-corrected chi connectivity index (χ4v) is 1.56. The first-order chi connectivity index (χ1) is 10.4. The van der Waals surface area contributed by atoms with E-state index in [1.165, 1.54) is 11.1 Å². The van der Waals surface area contributed by atoms with Crippen LogP contribution in [0, 0.1) is 0 Å². The summed E-state index contributed by atoms with van der Waals surface area (Å²) in [6.45, 7) is 6.24. The van der Waals surface area contributed by atoms with Crippen LogP contribution in [-0.4, -0.2) is 43.9 Å². The van der Waals surface area contributed by atoms with Crippen LogP contribution in [-0.2, 0) is 9.59 Å². The van der Waals surface area contributed by atoms with Gasteiger partial charge in [0.2, 0.25) is 6.08 Å². The summed E-state index contributed by atoms with van der Waals surface area (Å²) in [5.74, 6) is 0.0532. The molecule has 9 nitrogen and oxygen atoms in total. The van der Waals surface area contributed by atoms with Crippen molar-refractivity contribution >= 4 is 20.2 Å². The number of rotatable bonds is 3. The van der Waals surface area contributed by atoms with Gasteiger partial charge in [-0.3, -0.25) is 4.79 Å². The highest BCUT2D eigenvalue weighted by Crippen LogP contribution is 2.28. The lowest BCUT2D eigenvalue weighted by atomic mass is 10.5. The average Bonchev–Trinajstić information content (AvgIpc) is 3.32. The maximum Gasteiger partial charge on any atom is 0.267 e. The predicted octanol–water partition coefficient (Wildman–Crippen LogP) is 2.97. The molecule has 2 aliphatic carbocycles. The minimum absolute atomic E-state index is 0.0532. The van der Waals surface area contributed by atoms with E-state index in [2.05, 4.69) is 25.0 Å². The van der Waals surface area contributed by atoms with Gasteiger partial charge in [0, 0.05) is 0 Å². The van der Waals surface area contributed by atoms with Gasteiger partial charge in [-0.05, 0) is 36.1 Å². The number of nitrogens with zero attached hydrogens (tertiary/aromatic N) is 7. The highest BCUT2D eigenvalue weighted by atomic mass is 28.3. The Kier molecular flexibility index (Phi) is 6.91. The van der Waals surface area contributed by atoms with Crippen LogP contribution in [0.25, 0.3) is 10.4 Å². The van der Waals surface area contributed by atoms with Crippen molar-refractivity contribution in [3.63, 3.8) is 0 Å². The van der Waals surface area contributed by atoms with Crippen molar-refractivity contribution in [3.05, 3.63) is 10.4 Å². The highest BCUT2D eigenvalue weighted by molar-refractivity contribution is 6.74. The fourth-order valence-electron chi connectivity index (χ4n) is 1.29. The van der Waals surface area contributed by atoms with Gasteiger partial charge in [-0.1, -0.05) is 24.9 Å². The second kappa shape index (κ2) is 8.43. The summed E-state index contributed by atoms with van der Waals surface area (Å²) in [5, 5.41) is 8.80. The Hall–Kier alpha value is -2.02. The van der Waals surface area contributed by atoms with E-state index in [-0.39, 0.29) is 12.5 Å². The number of azide groups is 1. The molecule has 10 heteroatoms. The van der Waals surface area contributed by atoms with Gasteiger partial charge >= 0.3 is 0 Å². The van der Waals surface area contributed by atoms with Crippen LogP contribution in [0.3, 0.4) is 0 Å². The molecule has 1 amide bonds. The number of hydrogen-bond acceptors (Lipinski definition) is 6. The highest BCUT2D eigenvalue weighted by Gasteiger charge is 2.35. The van der Waals surface area contributed by atoms with E-state index in [9.17, 15) is 9.59 Å². The van der Waals surface area contributed by atoms with E-state index in [4.69, 9.17) is 5.53 Å². The number of hydrogen-bond donors (Lipinski definition) is 0. The number of amides is 1. The zero-order valence-corrected chi connectivity index (χ0v) is 14.1. The molecule has 2 saturated carbocycles. The molecule has 0 saturated heterocycles. The summed E-state index contributed by atoms with van der Waals surface area (Å²) in [7, 11) is -1.45. The van der Waals surface area contributed by atoms with E-state index in [1.807, 2.05) is 19.6 Å². The molecule has 0 N–H and O–H groups in total. The van der Waals surface area contributed by atoms with Gasteiger partial charge < -0.3 is 0 Å². The predicted molar refractivity (Wildman–Crippen MR) is 83.2 cm³/mol. The fraction of sp³-hybridized carbons (Fsp3) is 0.833. The van der Waals surface area contributed by atoms with E-state index >= 15 is 0 Å². The molecule has 0 aromatic heterocycles. The van der Waals surface area contributed by atoms with Crippen molar-refractivity contribution in [2.75, 3.05) is 6.54 Å². The molecule has 3 rings (SSSR count). The molecule has 1 aliphatic heterocycles. The molecule has 1 heterocycles. The monoisotopic (exact) mass is 323 g/mol. The topological polar surface area (TPSA) is 123 Å². The zero-order valence-electron chi connectivity index (χ0n) is 13.1. The van der Waals surface area contributed by atoms with Crippen LogP contribution in [0.4, 0.5) is 0 Å². The van der Waals surface area contributed by atoms with Crippen LogP contribution >= 0.6 is 0 Å². The van der Waals surface area contributed by atoms with Gasteiger partial charge in [-0.15, -0.1) is 4.78 Å². The average molecular weight is 323 g/mol. The van der Waals surface area contributed by atoms with Crippen LogP contribution < -0.4 is 0 Å². The summed E-state index contributed by atoms with van der Waals surface area (Å²) >= 11 is 0. The normalized spacial score (nSPS) is 19.0. The summed E-state index contributed by atoms with van der Waals surface area (Å²) < 4.78 is 3.58. The zero-order chi connectivity index (χ0) is 16.6. The van der Waals surface area contributed by atoms with Crippen molar-refractivity contribution in [2.45, 2.75) is 57.4 Å². The Morgan fingerprint density at radius 2 is 1.95 bits per heavy atom. The third kappa shape index (κ3) is 8.31. The van der Waals surface area contributed by atoms with Gasteiger partial charge in [-0.2, -0.15) is 5.11 Å². The van der Waals surface area contributed by atoms with Gasteiger partial charge in [0.25, 0.3) is 5.91 Å². The quantitative estimate of drug-likeness (QED) is 0.198. The molecule has 0 atom stereocenters. The lowest BCUT2D eigenvalue weighted by Crippen LogP contribution is -2.24. The molecule has 0 aromatic rings. The Bertz CT molecular complexity index is 510. The molecule has 0 aromatic carbocycles. The van der Waals surface area contributed by atoms with E-state index in [0.717, 1.165) is 25.7 Å². The first-order valence-corrected chi connectivity index (χ1v) is 10.6. The first-order valence-electron chi connectivity index (χ1n) is 7.20. The molecular weight excluding hydrogens is 302 g/mol. The molecule has 0 spiro atoms. The van der Waals surface area contributed by atoms with Gasteiger partial charge in [-0.25, -0.2) is 14.8 Å². The van der Waals surface area contributed by atoms with Gasteiger partial charge in [0.15, 0.2) is 0 Å². The van der Waals surface area contributed by atoms with Crippen molar-refractivity contribution in [3.8, 4) is 0 Å². The van der Waals surface area contributed by atoms with Crippen molar-refractivity contribution in [1.82, 2.24) is 5.01 Å². The Morgan fingerprint density at radius 1 is 1.32 bits per heavy atom. The van der Waals surface area contributed by atoms with Gasteiger partial charge in [0.1, 0.15) is 14.8 Å². The van der Waals surface area contributed by atoms with Crippen LogP contribution in [0.5, 0.6) is 0 Å². The largest absolute Gasteiger partial charge is 0.271 e. The maximum atomic E-state index is 10.8. The van der Waals surface area contributed by atoms with E-state index in [1.54, 1.807) is 0 Å². The molecule has 0 radical (unpaired) electrons. The first kappa shape index (κ1) is 18.0. The van der Waals surface area contributed by atoms with Gasteiger partial charge in [0.05, 0.1) is 12.1 Å². The summed E-state index contributed by atoms with van der Waals surface area (Å²) in [5.41, 5.74) is 7.89. The number of carbonyl (C=O) groups is 1. The molecule has 120 valence electrons. The second-order valence-corrected chi connectivity index (χ2v) is 10.7. The number of isocyanates is 1. The Morgan fingerprint density at radius 3 is 2.18 bits per heavy atom. The van der Waals surface area contributed by atoms with E-state index in [0.29, 0.717) is 12.1 Å². The summed E-state index contributed by atoms with van der Waals surface area (Å²) in [4.78, 5) is 26.3. The molecule has 3 aliphatic rings. The second-order valence-electron chi connectivity index (χ2n) is 6.17. The number of aliphatic imine (C=N–C) groups is 1. The standard InChI is InChI=1S/C5H7N3O.C4H5NO.C3H9N3Si/c9-5-3-6-7-8(5)4-1-2-4;6-3-5-4-1-2-4;1-7(2,3)6-5-4/h4H,1-3H2;4H,1-2H2;1-3H3. The van der Waals surface area contributed by atoms with Crippen molar-refractivity contribution in [2.24, 2.45) is 20.1 Å². The lowest BCUT2D eigenvalue weighted by Gasteiger charge is -2.05. The maximum absolute atomic E-state index is 10.8. The minimum Gasteiger partial charge on any atom is -0.271 e. The lowest BCUT2D eigenvalue weighted by molar-refractivity contribution is -0.128. The molecular formula is C12H21N7O2Si. The molecule has 2 fully saturated rings. The Labute approximate surface area is 130 Å². The minimum atomic E-state index is -1.45. The SMILES string of the molecule is C[Si](C)(C)N=[N+]=[N-].O=C1CN=NN1C1CC1.O=C=NC1CC1. The van der Waals surface area contributed by atoms with Crippen LogP contribution in [0.1, 0.15) is 25.7 Å². The molecule has 0 bridgehead atoms. The molecule has 22 heavy (non-hydrogen) atoms. The third-order valence-corrected chi connectivity index (χ3v) is 3.33. The summed E-state index contributed by atoms with van der Waals surface area (Å²) in [6.07, 6.45) is 5.89. The van der Waals surface area contributed by atoms with Crippen LogP contribution in [0.2, 0.25) is 19.6 Å². The smallest absolute Gasteiger partial charge is 0.267 e. The van der Waals surface area contributed by atoms with Crippen molar-refractivity contribution in [1.29, 1.82) is 0 Å². The molecule has 0 unspecified atom stereocenters. The van der Waals surface area contributed by atoms with Crippen molar-refractivity contribution < 1.29 is 9.59 Å². The third-order valence-electron chi connectivity index (χ3n) is 2.64.